The number of amides is 1. The van der Waals surface area contributed by atoms with Crippen molar-refractivity contribution >= 4 is 11.6 Å². The molecule has 2 aromatic heterocycles. The van der Waals surface area contributed by atoms with Crippen molar-refractivity contribution in [3.05, 3.63) is 58.8 Å². The number of benzene rings is 1. The van der Waals surface area contributed by atoms with Gasteiger partial charge in [-0.1, -0.05) is 0 Å². The molecule has 1 saturated carbocycles. The van der Waals surface area contributed by atoms with Gasteiger partial charge in [0.25, 0.3) is 5.91 Å². The first-order chi connectivity index (χ1) is 16.5. The van der Waals surface area contributed by atoms with E-state index in [0.717, 1.165) is 29.7 Å². The summed E-state index contributed by atoms with van der Waals surface area (Å²) < 4.78 is 22.3. The summed E-state index contributed by atoms with van der Waals surface area (Å²) in [4.78, 5) is 22.4. The van der Waals surface area contributed by atoms with E-state index < -0.39 is 0 Å². The fourth-order valence-corrected chi connectivity index (χ4v) is 6.11. The van der Waals surface area contributed by atoms with E-state index in [1.54, 1.807) is 11.0 Å². The minimum atomic E-state index is -0.388. The summed E-state index contributed by atoms with van der Waals surface area (Å²) in [6.07, 6.45) is 10.7. The van der Waals surface area contributed by atoms with Gasteiger partial charge in [-0.15, -0.1) is 0 Å². The van der Waals surface area contributed by atoms with Gasteiger partial charge in [-0.2, -0.15) is 5.10 Å². The van der Waals surface area contributed by atoms with Crippen LogP contribution in [0.15, 0.2) is 30.6 Å². The van der Waals surface area contributed by atoms with Crippen LogP contribution in [0.3, 0.4) is 0 Å². The molecule has 0 N–H and O–H groups in total. The molecule has 0 radical (unpaired) electrons. The van der Waals surface area contributed by atoms with Crippen LogP contribution in [0.2, 0.25) is 0 Å². The molecule has 7 nitrogen and oxygen atoms in total. The van der Waals surface area contributed by atoms with E-state index in [1.807, 2.05) is 10.7 Å². The third-order valence-electron chi connectivity index (χ3n) is 8.22. The van der Waals surface area contributed by atoms with Crippen LogP contribution in [0.5, 0.6) is 5.75 Å². The van der Waals surface area contributed by atoms with Gasteiger partial charge in [-0.25, -0.2) is 13.9 Å². The number of fused-ring (bicyclic) bond motifs is 5. The molecule has 176 valence electrons. The highest BCUT2D eigenvalue weighted by atomic mass is 19.1. The third kappa shape index (κ3) is 3.30. The highest BCUT2D eigenvalue weighted by Crippen LogP contribution is 2.40. The summed E-state index contributed by atoms with van der Waals surface area (Å²) in [5.41, 5.74) is 4.33. The Hall–Kier alpha value is -3.00. The Morgan fingerprint density at radius 3 is 2.68 bits per heavy atom. The van der Waals surface area contributed by atoms with E-state index in [-0.39, 0.29) is 17.8 Å². The number of hydrogen-bond donors (Lipinski definition) is 0. The lowest BCUT2D eigenvalue weighted by molar-refractivity contribution is 0.0622. The largest absolute Gasteiger partial charge is 0.489 e. The summed E-state index contributed by atoms with van der Waals surface area (Å²) in [6, 6.07) is 5.27. The maximum atomic E-state index is 14.2. The first-order valence-corrected chi connectivity index (χ1v) is 12.4. The van der Waals surface area contributed by atoms with E-state index in [4.69, 9.17) is 9.84 Å². The molecule has 3 fully saturated rings. The van der Waals surface area contributed by atoms with Crippen molar-refractivity contribution in [3.8, 4) is 5.75 Å². The summed E-state index contributed by atoms with van der Waals surface area (Å²) in [5.74, 6) is 0.424. The van der Waals surface area contributed by atoms with Crippen LogP contribution in [0.1, 0.15) is 71.6 Å². The first-order valence-electron chi connectivity index (χ1n) is 12.4. The van der Waals surface area contributed by atoms with Crippen molar-refractivity contribution in [3.63, 3.8) is 0 Å². The van der Waals surface area contributed by atoms with Gasteiger partial charge in [-0.3, -0.25) is 4.79 Å². The standard InChI is InChI=1S/C26H28FN5O2/c1-30-18-5-6-19(30)10-20(9-18)34-24-8-17(27)4-7-21(24)26(33)31-13-22-23(14-31)29-32-12-16(15-2-3-15)11-28-25(22)32/h4,7-8,11-12,15,18-20H,2-3,5-6,9-10,13-14H2,1H3. The Balaban J connectivity index is 1.12. The Bertz CT molecular complexity index is 1290. The average molecular weight is 462 g/mol. The lowest BCUT2D eigenvalue weighted by atomic mass is 10.0. The topological polar surface area (TPSA) is 63.0 Å². The molecule has 0 spiro atoms. The van der Waals surface area contributed by atoms with Crippen molar-refractivity contribution in [2.75, 3.05) is 7.05 Å². The zero-order valence-corrected chi connectivity index (χ0v) is 19.3. The van der Waals surface area contributed by atoms with Gasteiger partial charge in [0, 0.05) is 36.1 Å². The molecule has 2 unspecified atom stereocenters. The summed E-state index contributed by atoms with van der Waals surface area (Å²) in [7, 11) is 2.18. The lowest BCUT2D eigenvalue weighted by Gasteiger charge is -2.36. The van der Waals surface area contributed by atoms with Crippen LogP contribution in [0, 0.1) is 5.82 Å². The van der Waals surface area contributed by atoms with Crippen molar-refractivity contribution in [2.24, 2.45) is 0 Å². The SMILES string of the molecule is CN1C2CCC1CC(Oc1cc(F)ccc1C(=O)N1Cc3nn4cc(C5CC5)cnc4c3C1)C2. The molecule has 1 aromatic carbocycles. The van der Waals surface area contributed by atoms with E-state index in [0.29, 0.717) is 42.4 Å². The summed E-state index contributed by atoms with van der Waals surface area (Å²) in [5, 5.41) is 4.72. The Labute approximate surface area is 197 Å². The van der Waals surface area contributed by atoms with Gasteiger partial charge in [0.15, 0.2) is 5.65 Å². The highest BCUT2D eigenvalue weighted by molar-refractivity contribution is 5.97. The molecule has 1 aliphatic carbocycles. The molecular formula is C26H28FN5O2. The van der Waals surface area contributed by atoms with E-state index in [9.17, 15) is 9.18 Å². The fraction of sp³-hybridized carbons (Fsp3) is 0.500. The third-order valence-corrected chi connectivity index (χ3v) is 8.22. The van der Waals surface area contributed by atoms with E-state index in [1.165, 1.54) is 43.4 Å². The van der Waals surface area contributed by atoms with E-state index >= 15 is 0 Å². The van der Waals surface area contributed by atoms with Crippen LogP contribution in [0.4, 0.5) is 4.39 Å². The molecule has 4 aliphatic rings. The fourth-order valence-electron chi connectivity index (χ4n) is 6.11. The van der Waals surface area contributed by atoms with Gasteiger partial charge >= 0.3 is 0 Å². The monoisotopic (exact) mass is 461 g/mol. The number of carbonyl (C=O) groups is 1. The van der Waals surface area contributed by atoms with Crippen LogP contribution < -0.4 is 4.74 Å². The highest BCUT2D eigenvalue weighted by Gasteiger charge is 2.40. The number of ether oxygens (including phenoxy) is 1. The Morgan fingerprint density at radius 2 is 1.91 bits per heavy atom. The van der Waals surface area contributed by atoms with Gasteiger partial charge in [0.05, 0.1) is 24.3 Å². The molecule has 34 heavy (non-hydrogen) atoms. The number of halogens is 1. The normalized spacial score (nSPS) is 26.3. The van der Waals surface area contributed by atoms with E-state index in [2.05, 4.69) is 23.1 Å². The average Bonchev–Trinajstić information content (AvgIpc) is 3.46. The van der Waals surface area contributed by atoms with Crippen LogP contribution in [-0.2, 0) is 13.1 Å². The molecule has 5 heterocycles. The Morgan fingerprint density at radius 1 is 1.12 bits per heavy atom. The zero-order valence-electron chi connectivity index (χ0n) is 19.3. The van der Waals surface area contributed by atoms with Gasteiger partial charge in [0.2, 0.25) is 0 Å². The number of aromatic nitrogens is 3. The summed E-state index contributed by atoms with van der Waals surface area (Å²) >= 11 is 0. The second kappa shape index (κ2) is 7.50. The maximum Gasteiger partial charge on any atom is 0.258 e. The van der Waals surface area contributed by atoms with Crippen LogP contribution >= 0.6 is 0 Å². The minimum absolute atomic E-state index is 0.00639. The molecule has 2 bridgehead atoms. The number of nitrogens with zero attached hydrogens (tertiary/aromatic N) is 5. The first kappa shape index (κ1) is 20.4. The molecule has 3 aromatic rings. The second-order valence-electron chi connectivity index (χ2n) is 10.4. The van der Waals surface area contributed by atoms with Crippen molar-refractivity contribution in [1.82, 2.24) is 24.4 Å². The smallest absolute Gasteiger partial charge is 0.258 e. The molecule has 2 atom stereocenters. The van der Waals surface area contributed by atoms with Gasteiger partial charge in [0.1, 0.15) is 17.7 Å². The quantitative estimate of drug-likeness (QED) is 0.590. The molecule has 1 amide bonds. The number of carbonyl (C=O) groups excluding carboxylic acids is 1. The second-order valence-corrected chi connectivity index (χ2v) is 10.4. The molecule has 7 rings (SSSR count). The number of piperidine rings is 1. The van der Waals surface area contributed by atoms with Crippen LogP contribution in [-0.4, -0.2) is 55.5 Å². The van der Waals surface area contributed by atoms with Gasteiger partial charge < -0.3 is 14.5 Å². The molecule has 2 saturated heterocycles. The van der Waals surface area contributed by atoms with Crippen molar-refractivity contribution in [1.29, 1.82) is 0 Å². The molecule has 3 aliphatic heterocycles. The van der Waals surface area contributed by atoms with Gasteiger partial charge in [-0.05, 0) is 69.2 Å². The molecular weight excluding hydrogens is 433 g/mol. The summed E-state index contributed by atoms with van der Waals surface area (Å²) in [6.45, 7) is 0.869. The van der Waals surface area contributed by atoms with Crippen molar-refractivity contribution < 1.29 is 13.9 Å². The van der Waals surface area contributed by atoms with Crippen LogP contribution in [0.25, 0.3) is 5.65 Å². The number of rotatable bonds is 4. The predicted octanol–water partition coefficient (Wildman–Crippen LogP) is 3.91. The van der Waals surface area contributed by atoms with Crippen molar-refractivity contribution in [2.45, 2.75) is 75.7 Å². The number of hydrogen-bond acceptors (Lipinski definition) is 5. The Kier molecular flexibility index (Phi) is 4.50. The predicted molar refractivity (Wildman–Crippen MR) is 123 cm³/mol. The molecule has 8 heteroatoms. The maximum absolute atomic E-state index is 14.2. The zero-order chi connectivity index (χ0) is 23.0. The minimum Gasteiger partial charge on any atom is -0.489 e. The lowest BCUT2D eigenvalue weighted by Crippen LogP contribution is -2.44.